The first-order chi connectivity index (χ1) is 14.5. The van der Waals surface area contributed by atoms with Crippen LogP contribution in [0, 0.1) is 23.5 Å². The molecule has 0 aromatic heterocycles. The van der Waals surface area contributed by atoms with Crippen molar-refractivity contribution >= 4 is 5.97 Å². The molecule has 0 atom stereocenters. The zero-order chi connectivity index (χ0) is 21.3. The molecule has 3 aromatic rings. The van der Waals surface area contributed by atoms with Gasteiger partial charge in [0.15, 0.2) is 0 Å². The molecule has 3 aromatic carbocycles. The normalized spacial score (nSPS) is 10.1. The largest absolute Gasteiger partial charge is 0.494 e. The van der Waals surface area contributed by atoms with Crippen LogP contribution in [0.25, 0.3) is 0 Å². The van der Waals surface area contributed by atoms with Crippen LogP contribution >= 0.6 is 0 Å². The number of halogens is 2. The van der Waals surface area contributed by atoms with Crippen LogP contribution in [0.2, 0.25) is 0 Å². The van der Waals surface area contributed by atoms with E-state index in [0.29, 0.717) is 12.7 Å². The van der Waals surface area contributed by atoms with Crippen LogP contribution < -0.4 is 9.47 Å². The summed E-state index contributed by atoms with van der Waals surface area (Å²) in [7, 11) is 0. The van der Waals surface area contributed by atoms with Crippen molar-refractivity contribution in [3.05, 3.63) is 95.1 Å². The Morgan fingerprint density at radius 3 is 1.90 bits per heavy atom. The van der Waals surface area contributed by atoms with Crippen LogP contribution in [0.4, 0.5) is 8.78 Å². The first kappa shape index (κ1) is 21.1. The van der Waals surface area contributed by atoms with Gasteiger partial charge in [0, 0.05) is 17.2 Å². The SMILES string of the molecule is CCCCOc1ccc(C#Cc2ccc(OC(=O)c3cc(F)cc(F)c3)cc2)cc1. The second-order valence-corrected chi connectivity index (χ2v) is 6.55. The van der Waals surface area contributed by atoms with Crippen LogP contribution in [-0.2, 0) is 0 Å². The molecule has 0 aliphatic carbocycles. The van der Waals surface area contributed by atoms with Crippen LogP contribution in [0.3, 0.4) is 0 Å². The molecule has 0 saturated carbocycles. The minimum Gasteiger partial charge on any atom is -0.494 e. The Morgan fingerprint density at radius 1 is 0.833 bits per heavy atom. The average molecular weight is 406 g/mol. The van der Waals surface area contributed by atoms with Crippen molar-refractivity contribution in [2.45, 2.75) is 19.8 Å². The molecule has 0 unspecified atom stereocenters. The summed E-state index contributed by atoms with van der Waals surface area (Å²) in [5, 5.41) is 0. The van der Waals surface area contributed by atoms with Crippen LogP contribution in [-0.4, -0.2) is 12.6 Å². The Labute approximate surface area is 174 Å². The predicted molar refractivity (Wildman–Crippen MR) is 111 cm³/mol. The third-order valence-corrected chi connectivity index (χ3v) is 4.14. The lowest BCUT2D eigenvalue weighted by atomic mass is 10.1. The predicted octanol–water partition coefficient (Wildman–Crippen LogP) is 5.76. The van der Waals surface area contributed by atoms with E-state index < -0.39 is 17.6 Å². The molecular weight excluding hydrogens is 386 g/mol. The van der Waals surface area contributed by atoms with Crippen molar-refractivity contribution in [1.29, 1.82) is 0 Å². The summed E-state index contributed by atoms with van der Waals surface area (Å²) in [6.07, 6.45) is 2.11. The van der Waals surface area contributed by atoms with Gasteiger partial charge in [0.1, 0.15) is 23.1 Å². The smallest absolute Gasteiger partial charge is 0.343 e. The minimum absolute atomic E-state index is 0.196. The zero-order valence-electron chi connectivity index (χ0n) is 16.5. The first-order valence-electron chi connectivity index (χ1n) is 9.57. The van der Waals surface area contributed by atoms with Crippen LogP contribution in [0.5, 0.6) is 11.5 Å². The topological polar surface area (TPSA) is 35.5 Å². The summed E-state index contributed by atoms with van der Waals surface area (Å²) in [5.74, 6) is 4.64. The van der Waals surface area contributed by atoms with E-state index in [1.165, 1.54) is 0 Å². The molecule has 0 radical (unpaired) electrons. The highest BCUT2D eigenvalue weighted by Crippen LogP contribution is 2.16. The fourth-order valence-electron chi connectivity index (χ4n) is 2.56. The summed E-state index contributed by atoms with van der Waals surface area (Å²) in [6, 6.07) is 16.6. The lowest BCUT2D eigenvalue weighted by Crippen LogP contribution is -2.09. The molecule has 30 heavy (non-hydrogen) atoms. The number of unbranched alkanes of at least 4 members (excludes halogenated alkanes) is 1. The van der Waals surface area contributed by atoms with Crippen molar-refractivity contribution in [1.82, 2.24) is 0 Å². The third kappa shape index (κ3) is 6.18. The molecular formula is C25H20F2O3. The van der Waals surface area contributed by atoms with E-state index in [-0.39, 0.29) is 11.3 Å². The van der Waals surface area contributed by atoms with Crippen molar-refractivity contribution in [2.24, 2.45) is 0 Å². The lowest BCUT2D eigenvalue weighted by molar-refractivity contribution is 0.0733. The van der Waals surface area contributed by atoms with Gasteiger partial charge in [0.2, 0.25) is 0 Å². The maximum atomic E-state index is 13.2. The summed E-state index contributed by atoms with van der Waals surface area (Å²) in [6.45, 7) is 2.82. The molecule has 3 nitrogen and oxygen atoms in total. The number of benzene rings is 3. The molecule has 0 fully saturated rings. The highest BCUT2D eigenvalue weighted by Gasteiger charge is 2.11. The van der Waals surface area contributed by atoms with Gasteiger partial charge >= 0.3 is 5.97 Å². The second kappa shape index (κ2) is 10.2. The van der Waals surface area contributed by atoms with Crippen LogP contribution in [0.15, 0.2) is 66.7 Å². The van der Waals surface area contributed by atoms with Gasteiger partial charge < -0.3 is 9.47 Å². The summed E-state index contributed by atoms with van der Waals surface area (Å²) in [4.78, 5) is 12.0. The van der Waals surface area contributed by atoms with Gasteiger partial charge in [-0.05, 0) is 67.1 Å². The van der Waals surface area contributed by atoms with E-state index >= 15 is 0 Å². The Bertz CT molecular complexity index is 1040. The number of ether oxygens (including phenoxy) is 2. The molecule has 0 aliphatic heterocycles. The molecule has 5 heteroatoms. The summed E-state index contributed by atoms with van der Waals surface area (Å²) in [5.41, 5.74) is 1.38. The molecule has 0 N–H and O–H groups in total. The Balaban J connectivity index is 1.60. The van der Waals surface area contributed by atoms with Crippen molar-refractivity contribution in [3.63, 3.8) is 0 Å². The van der Waals surface area contributed by atoms with Gasteiger partial charge in [-0.25, -0.2) is 13.6 Å². The number of carbonyl (C=O) groups excluding carboxylic acids is 1. The first-order valence-corrected chi connectivity index (χ1v) is 9.57. The van der Waals surface area contributed by atoms with E-state index in [4.69, 9.17) is 9.47 Å². The van der Waals surface area contributed by atoms with Crippen molar-refractivity contribution < 1.29 is 23.0 Å². The highest BCUT2D eigenvalue weighted by molar-refractivity contribution is 5.91. The van der Waals surface area contributed by atoms with Gasteiger partial charge in [-0.3, -0.25) is 0 Å². The van der Waals surface area contributed by atoms with Gasteiger partial charge in [0.05, 0.1) is 12.2 Å². The van der Waals surface area contributed by atoms with Crippen molar-refractivity contribution in [2.75, 3.05) is 6.61 Å². The molecule has 0 heterocycles. The average Bonchev–Trinajstić information content (AvgIpc) is 2.73. The highest BCUT2D eigenvalue weighted by atomic mass is 19.1. The van der Waals surface area contributed by atoms with Gasteiger partial charge in [-0.2, -0.15) is 0 Å². The number of rotatable bonds is 6. The standard InChI is InChI=1S/C25H20F2O3/c1-2-3-14-29-23-10-6-18(7-11-23)4-5-19-8-12-24(13-9-19)30-25(28)20-15-21(26)17-22(27)16-20/h6-13,15-17H,2-3,14H2,1H3. The number of esters is 1. The van der Waals surface area contributed by atoms with E-state index in [1.807, 2.05) is 24.3 Å². The second-order valence-electron chi connectivity index (χ2n) is 6.55. The maximum Gasteiger partial charge on any atom is 0.343 e. The number of carbonyl (C=O) groups is 1. The van der Waals surface area contributed by atoms with Gasteiger partial charge in [0.25, 0.3) is 0 Å². The van der Waals surface area contributed by atoms with E-state index in [0.717, 1.165) is 41.9 Å². The molecule has 0 aliphatic rings. The summed E-state index contributed by atoms with van der Waals surface area (Å²) >= 11 is 0. The van der Waals surface area contributed by atoms with E-state index in [2.05, 4.69) is 18.8 Å². The number of hydrogen-bond acceptors (Lipinski definition) is 3. The van der Waals surface area contributed by atoms with E-state index in [1.54, 1.807) is 24.3 Å². The molecule has 152 valence electrons. The van der Waals surface area contributed by atoms with Gasteiger partial charge in [-0.15, -0.1) is 0 Å². The quantitative estimate of drug-likeness (QED) is 0.226. The number of hydrogen-bond donors (Lipinski definition) is 0. The molecule has 0 amide bonds. The van der Waals surface area contributed by atoms with Crippen molar-refractivity contribution in [3.8, 4) is 23.3 Å². The Kier molecular flexibility index (Phi) is 7.18. The fraction of sp³-hybridized carbons (Fsp3) is 0.160. The fourth-order valence-corrected chi connectivity index (χ4v) is 2.56. The van der Waals surface area contributed by atoms with Crippen LogP contribution in [0.1, 0.15) is 41.3 Å². The summed E-state index contributed by atoms with van der Waals surface area (Å²) < 4.78 is 37.2. The third-order valence-electron chi connectivity index (χ3n) is 4.14. The monoisotopic (exact) mass is 406 g/mol. The molecule has 0 bridgehead atoms. The molecule has 0 saturated heterocycles. The lowest BCUT2D eigenvalue weighted by Gasteiger charge is -2.05. The zero-order valence-corrected chi connectivity index (χ0v) is 16.5. The molecule has 3 rings (SSSR count). The Hall–Kier alpha value is -3.65. The Morgan fingerprint density at radius 2 is 1.37 bits per heavy atom. The van der Waals surface area contributed by atoms with Gasteiger partial charge in [-0.1, -0.05) is 25.2 Å². The van der Waals surface area contributed by atoms with E-state index in [9.17, 15) is 13.6 Å². The minimum atomic E-state index is -0.840. The molecule has 0 spiro atoms. The maximum absolute atomic E-state index is 13.2.